The Bertz CT molecular complexity index is 336. The zero-order valence-electron chi connectivity index (χ0n) is 8.46. The van der Waals surface area contributed by atoms with Crippen molar-refractivity contribution in [1.82, 2.24) is 0 Å². The van der Waals surface area contributed by atoms with Gasteiger partial charge in [-0.1, -0.05) is 0 Å². The smallest absolute Gasteiger partial charge is 0.221 e. The average Bonchev–Trinajstić information content (AvgIpc) is 2.16. The first kappa shape index (κ1) is 10.4. The largest absolute Gasteiger partial charge is 0.497 e. The molecule has 0 aliphatic carbocycles. The number of amides is 1. The van der Waals surface area contributed by atoms with E-state index in [0.717, 1.165) is 0 Å². The molecule has 0 heterocycles. The maximum Gasteiger partial charge on any atom is 0.221 e. The van der Waals surface area contributed by atoms with Crippen molar-refractivity contribution >= 4 is 11.6 Å². The van der Waals surface area contributed by atoms with Crippen LogP contribution >= 0.6 is 0 Å². The number of ether oxygens (including phenoxy) is 2. The molecule has 1 rings (SSSR count). The molecular formula is C10H13NO3. The summed E-state index contributed by atoms with van der Waals surface area (Å²) in [6.45, 7) is 1.44. The normalized spacial score (nSPS) is 9.36. The van der Waals surface area contributed by atoms with E-state index in [9.17, 15) is 4.79 Å². The van der Waals surface area contributed by atoms with E-state index in [2.05, 4.69) is 5.32 Å². The number of carbonyl (C=O) groups is 1. The minimum Gasteiger partial charge on any atom is -0.497 e. The number of carbonyl (C=O) groups excluding carboxylic acids is 1. The summed E-state index contributed by atoms with van der Waals surface area (Å²) in [7, 11) is 3.12. The van der Waals surface area contributed by atoms with Gasteiger partial charge in [0.15, 0.2) is 0 Å². The van der Waals surface area contributed by atoms with Crippen molar-refractivity contribution in [3.05, 3.63) is 18.2 Å². The lowest BCUT2D eigenvalue weighted by Crippen LogP contribution is -2.07. The Balaban J connectivity index is 3.01. The van der Waals surface area contributed by atoms with Gasteiger partial charge in [0.1, 0.15) is 11.5 Å². The molecule has 1 N–H and O–H groups in total. The summed E-state index contributed by atoms with van der Waals surface area (Å²) in [4.78, 5) is 10.9. The lowest BCUT2D eigenvalue weighted by atomic mass is 10.2. The molecule has 0 aromatic heterocycles. The van der Waals surface area contributed by atoms with Crippen molar-refractivity contribution in [3.8, 4) is 11.5 Å². The van der Waals surface area contributed by atoms with Gasteiger partial charge in [0.05, 0.1) is 19.9 Å². The molecule has 0 radical (unpaired) electrons. The summed E-state index contributed by atoms with van der Waals surface area (Å²) in [6, 6.07) is 5.22. The molecule has 0 spiro atoms. The van der Waals surface area contributed by atoms with E-state index in [1.807, 2.05) is 0 Å². The SMILES string of the molecule is COc1ccc(OC)c(NC(C)=O)c1. The summed E-state index contributed by atoms with van der Waals surface area (Å²) in [5.41, 5.74) is 0.611. The van der Waals surface area contributed by atoms with Crippen LogP contribution in [0.5, 0.6) is 11.5 Å². The van der Waals surface area contributed by atoms with E-state index in [0.29, 0.717) is 17.2 Å². The third-order valence-electron chi connectivity index (χ3n) is 1.72. The van der Waals surface area contributed by atoms with E-state index in [1.54, 1.807) is 32.4 Å². The van der Waals surface area contributed by atoms with Crippen LogP contribution in [0.2, 0.25) is 0 Å². The molecule has 0 bridgehead atoms. The van der Waals surface area contributed by atoms with Gasteiger partial charge in [-0.05, 0) is 12.1 Å². The van der Waals surface area contributed by atoms with Crippen LogP contribution in [0.1, 0.15) is 6.92 Å². The summed E-state index contributed by atoms with van der Waals surface area (Å²) >= 11 is 0. The van der Waals surface area contributed by atoms with Crippen molar-refractivity contribution in [2.24, 2.45) is 0 Å². The van der Waals surface area contributed by atoms with Crippen molar-refractivity contribution in [2.75, 3.05) is 19.5 Å². The van der Waals surface area contributed by atoms with Crippen molar-refractivity contribution in [2.45, 2.75) is 6.92 Å². The molecule has 1 amide bonds. The first-order chi connectivity index (χ1) is 6.67. The molecule has 0 saturated carbocycles. The first-order valence-corrected chi connectivity index (χ1v) is 4.17. The van der Waals surface area contributed by atoms with Gasteiger partial charge in [0, 0.05) is 13.0 Å². The summed E-state index contributed by atoms with van der Waals surface area (Å²) in [6.07, 6.45) is 0. The van der Waals surface area contributed by atoms with E-state index in [-0.39, 0.29) is 5.91 Å². The van der Waals surface area contributed by atoms with Crippen LogP contribution in [0.15, 0.2) is 18.2 Å². The Hall–Kier alpha value is -1.71. The zero-order chi connectivity index (χ0) is 10.6. The summed E-state index contributed by atoms with van der Waals surface area (Å²) < 4.78 is 10.1. The summed E-state index contributed by atoms with van der Waals surface area (Å²) in [5, 5.41) is 2.66. The predicted octanol–water partition coefficient (Wildman–Crippen LogP) is 1.66. The quantitative estimate of drug-likeness (QED) is 0.797. The topological polar surface area (TPSA) is 47.6 Å². The predicted molar refractivity (Wildman–Crippen MR) is 53.8 cm³/mol. The standard InChI is InChI=1S/C10H13NO3/c1-7(12)11-9-6-8(13-2)4-5-10(9)14-3/h4-6H,1-3H3,(H,11,12). The van der Waals surface area contributed by atoms with Crippen molar-refractivity contribution < 1.29 is 14.3 Å². The van der Waals surface area contributed by atoms with Crippen LogP contribution in [0.3, 0.4) is 0 Å². The molecule has 4 heteroatoms. The number of nitrogens with one attached hydrogen (secondary N) is 1. The Morgan fingerprint density at radius 2 is 2.00 bits per heavy atom. The second-order valence-electron chi connectivity index (χ2n) is 2.75. The Morgan fingerprint density at radius 3 is 2.50 bits per heavy atom. The fraction of sp³-hybridized carbons (Fsp3) is 0.300. The van der Waals surface area contributed by atoms with E-state index in [1.165, 1.54) is 6.92 Å². The molecule has 0 unspecified atom stereocenters. The number of methoxy groups -OCH3 is 2. The van der Waals surface area contributed by atoms with Crippen LogP contribution in [0.25, 0.3) is 0 Å². The molecular weight excluding hydrogens is 182 g/mol. The minimum absolute atomic E-state index is 0.142. The number of hydrogen-bond acceptors (Lipinski definition) is 3. The van der Waals surface area contributed by atoms with Crippen molar-refractivity contribution in [3.63, 3.8) is 0 Å². The Morgan fingerprint density at radius 1 is 1.29 bits per heavy atom. The highest BCUT2D eigenvalue weighted by Gasteiger charge is 2.05. The van der Waals surface area contributed by atoms with Crippen LogP contribution in [-0.4, -0.2) is 20.1 Å². The first-order valence-electron chi connectivity index (χ1n) is 4.17. The molecule has 76 valence electrons. The Kier molecular flexibility index (Phi) is 3.34. The van der Waals surface area contributed by atoms with Crippen molar-refractivity contribution in [1.29, 1.82) is 0 Å². The second kappa shape index (κ2) is 4.50. The molecule has 0 aliphatic rings. The third-order valence-corrected chi connectivity index (χ3v) is 1.72. The van der Waals surface area contributed by atoms with Crippen LogP contribution in [0.4, 0.5) is 5.69 Å². The molecule has 0 saturated heterocycles. The van der Waals surface area contributed by atoms with Gasteiger partial charge in [-0.2, -0.15) is 0 Å². The highest BCUT2D eigenvalue weighted by atomic mass is 16.5. The van der Waals surface area contributed by atoms with E-state index >= 15 is 0 Å². The van der Waals surface area contributed by atoms with Gasteiger partial charge in [-0.15, -0.1) is 0 Å². The van der Waals surface area contributed by atoms with Crippen LogP contribution < -0.4 is 14.8 Å². The van der Waals surface area contributed by atoms with Crippen LogP contribution in [0, 0.1) is 0 Å². The number of benzene rings is 1. The van der Waals surface area contributed by atoms with E-state index in [4.69, 9.17) is 9.47 Å². The number of hydrogen-bond donors (Lipinski definition) is 1. The van der Waals surface area contributed by atoms with Gasteiger partial charge in [-0.25, -0.2) is 0 Å². The average molecular weight is 195 g/mol. The lowest BCUT2D eigenvalue weighted by Gasteiger charge is -2.10. The highest BCUT2D eigenvalue weighted by Crippen LogP contribution is 2.28. The zero-order valence-corrected chi connectivity index (χ0v) is 8.46. The molecule has 14 heavy (non-hydrogen) atoms. The fourth-order valence-corrected chi connectivity index (χ4v) is 1.10. The maximum absolute atomic E-state index is 10.9. The fourth-order valence-electron chi connectivity index (χ4n) is 1.10. The van der Waals surface area contributed by atoms with Gasteiger partial charge >= 0.3 is 0 Å². The highest BCUT2D eigenvalue weighted by molar-refractivity contribution is 5.90. The molecule has 0 atom stereocenters. The number of anilines is 1. The van der Waals surface area contributed by atoms with Gasteiger partial charge in [0.2, 0.25) is 5.91 Å². The third kappa shape index (κ3) is 2.39. The van der Waals surface area contributed by atoms with Gasteiger partial charge in [-0.3, -0.25) is 4.79 Å². The lowest BCUT2D eigenvalue weighted by molar-refractivity contribution is -0.114. The maximum atomic E-state index is 10.9. The van der Waals surface area contributed by atoms with Gasteiger partial charge in [0.25, 0.3) is 0 Å². The molecule has 1 aromatic carbocycles. The molecule has 4 nitrogen and oxygen atoms in total. The monoisotopic (exact) mass is 195 g/mol. The van der Waals surface area contributed by atoms with E-state index < -0.39 is 0 Å². The summed E-state index contributed by atoms with van der Waals surface area (Å²) in [5.74, 6) is 1.15. The van der Waals surface area contributed by atoms with Crippen LogP contribution in [-0.2, 0) is 4.79 Å². The molecule has 0 aliphatic heterocycles. The molecule has 1 aromatic rings. The molecule has 0 fully saturated rings. The minimum atomic E-state index is -0.142. The second-order valence-corrected chi connectivity index (χ2v) is 2.75. The number of rotatable bonds is 3. The van der Waals surface area contributed by atoms with Gasteiger partial charge < -0.3 is 14.8 Å². The Labute approximate surface area is 82.8 Å².